The first kappa shape index (κ1) is 19.0. The summed E-state index contributed by atoms with van der Waals surface area (Å²) in [4.78, 5) is 37.7. The minimum absolute atomic E-state index is 0.0266. The van der Waals surface area contributed by atoms with E-state index in [9.17, 15) is 24.6 Å². The van der Waals surface area contributed by atoms with Crippen LogP contribution in [-0.2, 0) is 14.4 Å². The molecular weight excluding hydrogens is 374 g/mol. The van der Waals surface area contributed by atoms with Crippen molar-refractivity contribution in [1.82, 2.24) is 9.80 Å². The largest absolute Gasteiger partial charge is 0.477 e. The molecule has 2 rings (SSSR count). The van der Waals surface area contributed by atoms with Crippen LogP contribution in [0.2, 0.25) is 0 Å². The number of thioether (sulfide) groups is 2. The Hall–Kier alpha value is -1.30. The fourth-order valence-electron chi connectivity index (χ4n) is 2.49. The molecule has 2 aliphatic rings. The molecule has 1 fully saturated rings. The van der Waals surface area contributed by atoms with E-state index in [1.54, 1.807) is 7.05 Å². The number of amides is 2. The highest BCUT2D eigenvalue weighted by Gasteiger charge is 2.57. The first-order valence-electron chi connectivity index (χ1n) is 6.95. The van der Waals surface area contributed by atoms with Crippen LogP contribution in [0.25, 0.3) is 0 Å². The zero-order valence-corrected chi connectivity index (χ0v) is 15.4. The molecule has 0 aromatic carbocycles. The minimum Gasteiger partial charge on any atom is -0.477 e. The van der Waals surface area contributed by atoms with Crippen LogP contribution in [0, 0.1) is 5.92 Å². The topological polar surface area (TPSA) is 124 Å². The molecule has 2 amide bonds. The number of primary amides is 1. The van der Waals surface area contributed by atoms with Gasteiger partial charge in [-0.1, -0.05) is 24.0 Å². The van der Waals surface area contributed by atoms with E-state index >= 15 is 0 Å². The molecule has 4 N–H and O–H groups in total. The quantitative estimate of drug-likeness (QED) is 0.411. The number of carbonyl (C=O) groups excluding carboxylic acids is 2. The summed E-state index contributed by atoms with van der Waals surface area (Å²) in [5.74, 6) is -2.42. The number of hydrogen-bond donors (Lipinski definition) is 3. The maximum atomic E-state index is 12.1. The summed E-state index contributed by atoms with van der Waals surface area (Å²) in [5, 5.41) is 18.7. The third-order valence-electron chi connectivity index (χ3n) is 3.61. The maximum Gasteiger partial charge on any atom is 0.353 e. The molecule has 0 aromatic heterocycles. The molecule has 0 radical (unpaired) electrons. The first-order chi connectivity index (χ1) is 11.1. The lowest BCUT2D eigenvalue weighted by molar-refractivity contribution is -0.156. The van der Waals surface area contributed by atoms with E-state index in [2.05, 4.69) is 0 Å². The van der Waals surface area contributed by atoms with Crippen LogP contribution in [0.1, 0.15) is 6.92 Å². The lowest BCUT2D eigenvalue weighted by Gasteiger charge is -2.43. The number of β-lactam (4-membered cyclic amide) rings is 1. The standard InChI is InChI=1S/C13H17N3O5S3/c1-5(17)8-10(19)16-9(12(20)21)6(24-11(8)16)4-23-13(22)15(2)3-7(14)18/h5,8,11,17H,3-4H2,1-2H3,(H2,14,18)(H,20,21)/t5-,8+,11?/m1/s1. The van der Waals surface area contributed by atoms with Crippen LogP contribution in [0.15, 0.2) is 10.6 Å². The van der Waals surface area contributed by atoms with Crippen LogP contribution >= 0.6 is 35.7 Å². The van der Waals surface area contributed by atoms with Crippen molar-refractivity contribution < 1.29 is 24.6 Å². The molecule has 0 aliphatic carbocycles. The van der Waals surface area contributed by atoms with Gasteiger partial charge in [0, 0.05) is 17.7 Å². The second-order valence-electron chi connectivity index (χ2n) is 5.44. The third kappa shape index (κ3) is 3.53. The summed E-state index contributed by atoms with van der Waals surface area (Å²) in [6.07, 6.45) is -0.837. The summed E-state index contributed by atoms with van der Waals surface area (Å²) in [5.41, 5.74) is 5.05. The second-order valence-corrected chi connectivity index (χ2v) is 8.26. The van der Waals surface area contributed by atoms with Gasteiger partial charge in [0.05, 0.1) is 18.6 Å². The number of nitrogens with two attached hydrogens (primary N) is 1. The Balaban J connectivity index is 2.07. The highest BCUT2D eigenvalue weighted by atomic mass is 32.2. The minimum atomic E-state index is -1.19. The van der Waals surface area contributed by atoms with Crippen molar-refractivity contribution in [2.45, 2.75) is 18.4 Å². The highest BCUT2D eigenvalue weighted by Crippen LogP contribution is 2.51. The predicted octanol–water partition coefficient (Wildman–Crippen LogP) is -0.370. The van der Waals surface area contributed by atoms with Crippen molar-refractivity contribution in [3.8, 4) is 0 Å². The summed E-state index contributed by atoms with van der Waals surface area (Å²) in [6, 6.07) is 0. The van der Waals surface area contributed by atoms with E-state index in [1.807, 2.05) is 0 Å². The summed E-state index contributed by atoms with van der Waals surface area (Å²) in [6.45, 7) is 1.49. The molecule has 1 saturated heterocycles. The first-order valence-corrected chi connectivity index (χ1v) is 9.23. The fourth-order valence-corrected chi connectivity index (χ4v) is 5.25. The van der Waals surface area contributed by atoms with Gasteiger partial charge < -0.3 is 20.8 Å². The van der Waals surface area contributed by atoms with Crippen molar-refractivity contribution >= 4 is 57.8 Å². The smallest absolute Gasteiger partial charge is 0.353 e. The van der Waals surface area contributed by atoms with Crippen LogP contribution in [0.3, 0.4) is 0 Å². The molecule has 24 heavy (non-hydrogen) atoms. The van der Waals surface area contributed by atoms with Crippen LogP contribution in [-0.4, -0.2) is 72.9 Å². The normalized spacial score (nSPS) is 23.6. The van der Waals surface area contributed by atoms with E-state index < -0.39 is 29.3 Å². The second kappa shape index (κ2) is 7.30. The van der Waals surface area contributed by atoms with E-state index in [4.69, 9.17) is 18.0 Å². The zero-order chi connectivity index (χ0) is 18.2. The lowest BCUT2D eigenvalue weighted by Crippen LogP contribution is -2.60. The Morgan fingerprint density at radius 3 is 2.67 bits per heavy atom. The number of nitrogens with zero attached hydrogens (tertiary/aromatic N) is 2. The van der Waals surface area contributed by atoms with Crippen molar-refractivity contribution in [3.05, 3.63) is 10.6 Å². The summed E-state index contributed by atoms with van der Waals surface area (Å²) in [7, 11) is 1.62. The number of carboxylic acid groups (broad SMARTS) is 1. The van der Waals surface area contributed by atoms with Gasteiger partial charge in [-0.05, 0) is 6.92 Å². The van der Waals surface area contributed by atoms with E-state index in [1.165, 1.54) is 40.2 Å². The average Bonchev–Trinajstić information content (AvgIpc) is 2.78. The van der Waals surface area contributed by atoms with E-state index in [0.29, 0.717) is 9.23 Å². The molecule has 8 nitrogen and oxygen atoms in total. The van der Waals surface area contributed by atoms with E-state index in [-0.39, 0.29) is 23.9 Å². The van der Waals surface area contributed by atoms with Gasteiger partial charge in [0.15, 0.2) is 0 Å². The molecule has 11 heteroatoms. The van der Waals surface area contributed by atoms with Gasteiger partial charge in [-0.3, -0.25) is 14.5 Å². The predicted molar refractivity (Wildman–Crippen MR) is 94.9 cm³/mol. The monoisotopic (exact) mass is 391 g/mol. The number of aliphatic hydroxyl groups excluding tert-OH is 1. The third-order valence-corrected chi connectivity index (χ3v) is 6.81. The molecule has 1 unspecified atom stereocenters. The molecule has 0 spiro atoms. The van der Waals surface area contributed by atoms with Crippen LogP contribution in [0.4, 0.5) is 0 Å². The molecule has 0 aromatic rings. The molecule has 2 heterocycles. The van der Waals surface area contributed by atoms with E-state index in [0.717, 1.165) is 0 Å². The van der Waals surface area contributed by atoms with Gasteiger partial charge in [-0.25, -0.2) is 4.79 Å². The van der Waals surface area contributed by atoms with Crippen molar-refractivity contribution in [3.63, 3.8) is 0 Å². The number of carbonyl (C=O) groups is 3. The van der Waals surface area contributed by atoms with Gasteiger partial charge in [0.25, 0.3) is 0 Å². The van der Waals surface area contributed by atoms with Crippen molar-refractivity contribution in [2.24, 2.45) is 11.7 Å². The number of likely N-dealkylation sites (N-methyl/N-ethyl adjacent to an activating group) is 1. The number of aliphatic carboxylic acids is 1. The zero-order valence-electron chi connectivity index (χ0n) is 13.0. The summed E-state index contributed by atoms with van der Waals surface area (Å²) < 4.78 is 0.402. The van der Waals surface area contributed by atoms with Gasteiger partial charge in [-0.2, -0.15) is 0 Å². The molecule has 0 bridgehead atoms. The number of aliphatic hydroxyl groups is 1. The van der Waals surface area contributed by atoms with Gasteiger partial charge in [0.1, 0.15) is 15.4 Å². The van der Waals surface area contributed by atoms with Crippen molar-refractivity contribution in [2.75, 3.05) is 19.3 Å². The number of rotatable bonds is 6. The number of thiocarbonyl (C=S) groups is 1. The number of fused-ring (bicyclic) bond motifs is 1. The Morgan fingerprint density at radius 1 is 1.54 bits per heavy atom. The average molecular weight is 391 g/mol. The Labute approximate surface area is 152 Å². The molecular formula is C13H17N3O5S3. The van der Waals surface area contributed by atoms with Gasteiger partial charge in [-0.15, -0.1) is 11.8 Å². The highest BCUT2D eigenvalue weighted by molar-refractivity contribution is 8.23. The molecule has 0 saturated carbocycles. The Morgan fingerprint density at radius 2 is 2.17 bits per heavy atom. The maximum absolute atomic E-state index is 12.1. The van der Waals surface area contributed by atoms with Crippen LogP contribution < -0.4 is 5.73 Å². The van der Waals surface area contributed by atoms with Crippen molar-refractivity contribution in [1.29, 1.82) is 0 Å². The number of hydrogen-bond acceptors (Lipinski definition) is 7. The SMILES string of the molecule is C[C@@H](O)[C@H]1C(=O)N2C(C(=O)O)=C(CSC(=S)N(C)CC(N)=O)SC12. The van der Waals surface area contributed by atoms with Crippen LogP contribution in [0.5, 0.6) is 0 Å². The Kier molecular flexibility index (Phi) is 5.78. The molecule has 3 atom stereocenters. The van der Waals surface area contributed by atoms with Gasteiger partial charge in [0.2, 0.25) is 11.8 Å². The summed E-state index contributed by atoms with van der Waals surface area (Å²) >= 11 is 7.63. The Bertz CT molecular complexity index is 636. The fraction of sp³-hybridized carbons (Fsp3) is 0.538. The molecule has 2 aliphatic heterocycles. The van der Waals surface area contributed by atoms with Gasteiger partial charge >= 0.3 is 5.97 Å². The number of carboxylic acids is 1. The molecule has 132 valence electrons. The lowest BCUT2D eigenvalue weighted by atomic mass is 9.92.